The Morgan fingerprint density at radius 3 is 2.57 bits per heavy atom. The van der Waals surface area contributed by atoms with Crippen molar-refractivity contribution in [2.24, 2.45) is 0 Å². The highest BCUT2D eigenvalue weighted by Crippen LogP contribution is 1.99. The number of aromatic nitrogens is 1. The first kappa shape index (κ1) is 6.50. The van der Waals surface area contributed by atoms with E-state index in [1.165, 1.54) is 12.5 Å². The SMILES string of the molecule is C.Clc1ncco1. The van der Waals surface area contributed by atoms with Crippen molar-refractivity contribution >= 4 is 11.6 Å². The first-order valence-electron chi connectivity index (χ1n) is 1.44. The minimum absolute atomic E-state index is 0. The fourth-order valence-corrected chi connectivity index (χ4v) is 0.314. The second kappa shape index (κ2) is 2.64. The van der Waals surface area contributed by atoms with Gasteiger partial charge in [-0.05, 0) is 11.6 Å². The van der Waals surface area contributed by atoms with Crippen LogP contribution in [0.15, 0.2) is 16.9 Å². The molecule has 0 N–H and O–H groups in total. The zero-order valence-corrected chi connectivity index (χ0v) is 3.64. The molecule has 0 amide bonds. The van der Waals surface area contributed by atoms with Gasteiger partial charge in [0.15, 0.2) is 0 Å². The highest BCUT2D eigenvalue weighted by molar-refractivity contribution is 6.27. The second-order valence-electron chi connectivity index (χ2n) is 0.785. The molecule has 1 aromatic heterocycles. The van der Waals surface area contributed by atoms with Gasteiger partial charge in [-0.3, -0.25) is 0 Å². The number of hydrogen-bond donors (Lipinski definition) is 0. The Kier molecular flexibility index (Phi) is 2.45. The molecule has 1 heterocycles. The van der Waals surface area contributed by atoms with Crippen LogP contribution in [0, 0.1) is 0 Å². The molecule has 0 aliphatic carbocycles. The molecule has 2 nitrogen and oxygen atoms in total. The lowest BCUT2D eigenvalue weighted by atomic mass is 11.0. The Morgan fingerprint density at radius 2 is 2.43 bits per heavy atom. The molecule has 0 saturated carbocycles. The van der Waals surface area contributed by atoms with Gasteiger partial charge in [-0.15, -0.1) is 0 Å². The van der Waals surface area contributed by atoms with E-state index in [1.54, 1.807) is 0 Å². The quantitative estimate of drug-likeness (QED) is 0.522. The van der Waals surface area contributed by atoms with Gasteiger partial charge in [-0.1, -0.05) is 7.43 Å². The first-order chi connectivity index (χ1) is 2.89. The molecule has 0 aliphatic heterocycles. The van der Waals surface area contributed by atoms with Gasteiger partial charge < -0.3 is 4.42 Å². The summed E-state index contributed by atoms with van der Waals surface area (Å²) in [5.41, 5.74) is 0. The predicted molar refractivity (Wildman–Crippen MR) is 28.2 cm³/mol. The van der Waals surface area contributed by atoms with Crippen LogP contribution < -0.4 is 0 Å². The van der Waals surface area contributed by atoms with Gasteiger partial charge in [0.1, 0.15) is 6.26 Å². The molecule has 0 unspecified atom stereocenters. The van der Waals surface area contributed by atoms with Crippen LogP contribution in [0.4, 0.5) is 0 Å². The van der Waals surface area contributed by atoms with Crippen molar-refractivity contribution in [1.29, 1.82) is 0 Å². The summed E-state index contributed by atoms with van der Waals surface area (Å²) in [5.74, 6) is 0. The number of halogens is 1. The Hall–Kier alpha value is -0.500. The molecule has 1 rings (SSSR count). The fraction of sp³-hybridized carbons (Fsp3) is 0.250. The van der Waals surface area contributed by atoms with Gasteiger partial charge >= 0.3 is 0 Å². The summed E-state index contributed by atoms with van der Waals surface area (Å²) in [6, 6.07) is 0. The normalized spacial score (nSPS) is 7.57. The summed E-state index contributed by atoms with van der Waals surface area (Å²) < 4.78 is 4.49. The monoisotopic (exact) mass is 119 g/mol. The predicted octanol–water partition coefficient (Wildman–Crippen LogP) is 1.96. The number of rotatable bonds is 0. The van der Waals surface area contributed by atoms with E-state index < -0.39 is 0 Å². The molecule has 7 heavy (non-hydrogen) atoms. The molecule has 0 fully saturated rings. The maximum absolute atomic E-state index is 5.18. The highest BCUT2D eigenvalue weighted by atomic mass is 35.5. The van der Waals surface area contributed by atoms with Crippen LogP contribution in [0.2, 0.25) is 5.35 Å². The molecule has 0 atom stereocenters. The standard InChI is InChI=1S/C3H2ClNO.CH4/c4-3-5-1-2-6-3;/h1-2H;1H4. The van der Waals surface area contributed by atoms with Gasteiger partial charge in [0.25, 0.3) is 5.35 Å². The summed E-state index contributed by atoms with van der Waals surface area (Å²) >= 11 is 5.18. The molecule has 0 aromatic carbocycles. The molecule has 0 spiro atoms. The molecule has 3 heteroatoms. The highest BCUT2D eigenvalue weighted by Gasteiger charge is 1.81. The Bertz CT molecular complexity index is 115. The fourth-order valence-electron chi connectivity index (χ4n) is 0.206. The van der Waals surface area contributed by atoms with Crippen LogP contribution in [0.3, 0.4) is 0 Å². The maximum atomic E-state index is 5.18. The van der Waals surface area contributed by atoms with E-state index >= 15 is 0 Å². The van der Waals surface area contributed by atoms with Crippen molar-refractivity contribution in [3.8, 4) is 0 Å². The molecule has 0 saturated heterocycles. The molecular weight excluding hydrogens is 114 g/mol. The zero-order chi connectivity index (χ0) is 4.41. The molecule has 0 radical (unpaired) electrons. The Morgan fingerprint density at radius 1 is 1.71 bits per heavy atom. The average Bonchev–Trinajstić information content (AvgIpc) is 1.86. The van der Waals surface area contributed by atoms with Crippen molar-refractivity contribution < 1.29 is 4.42 Å². The minimum Gasteiger partial charge on any atom is -0.436 e. The molecule has 1 aromatic rings. The lowest BCUT2D eigenvalue weighted by molar-refractivity contribution is 0.560. The minimum atomic E-state index is 0. The molecule has 0 bridgehead atoms. The molecule has 40 valence electrons. The number of nitrogens with zero attached hydrogens (tertiary/aromatic N) is 1. The van der Waals surface area contributed by atoms with Crippen LogP contribution in [-0.2, 0) is 0 Å². The van der Waals surface area contributed by atoms with Crippen molar-refractivity contribution in [3.05, 3.63) is 17.8 Å². The zero-order valence-electron chi connectivity index (χ0n) is 2.89. The third kappa shape index (κ3) is 1.59. The van der Waals surface area contributed by atoms with Gasteiger partial charge in [-0.2, -0.15) is 0 Å². The second-order valence-corrected chi connectivity index (χ2v) is 1.11. The van der Waals surface area contributed by atoms with E-state index in [-0.39, 0.29) is 12.8 Å². The summed E-state index contributed by atoms with van der Waals surface area (Å²) in [6.07, 6.45) is 2.91. The third-order valence-electron chi connectivity index (χ3n) is 0.402. The van der Waals surface area contributed by atoms with E-state index in [0.717, 1.165) is 0 Å². The number of oxazole rings is 1. The van der Waals surface area contributed by atoms with Gasteiger partial charge in [0.05, 0.1) is 6.20 Å². The summed E-state index contributed by atoms with van der Waals surface area (Å²) in [6.45, 7) is 0. The van der Waals surface area contributed by atoms with E-state index in [2.05, 4.69) is 9.40 Å². The van der Waals surface area contributed by atoms with Gasteiger partial charge in [0.2, 0.25) is 0 Å². The lowest BCUT2D eigenvalue weighted by Gasteiger charge is -1.63. The van der Waals surface area contributed by atoms with Crippen LogP contribution in [-0.4, -0.2) is 4.98 Å². The van der Waals surface area contributed by atoms with E-state index in [4.69, 9.17) is 11.6 Å². The third-order valence-corrected chi connectivity index (χ3v) is 0.589. The van der Waals surface area contributed by atoms with Crippen molar-refractivity contribution in [3.63, 3.8) is 0 Å². The summed E-state index contributed by atoms with van der Waals surface area (Å²) in [5, 5.41) is 0.190. The largest absolute Gasteiger partial charge is 0.436 e. The lowest BCUT2D eigenvalue weighted by Crippen LogP contribution is -1.49. The smallest absolute Gasteiger partial charge is 0.291 e. The van der Waals surface area contributed by atoms with Crippen molar-refractivity contribution in [2.75, 3.05) is 0 Å². The van der Waals surface area contributed by atoms with E-state index in [0.29, 0.717) is 0 Å². The van der Waals surface area contributed by atoms with Crippen molar-refractivity contribution in [1.82, 2.24) is 4.98 Å². The number of hydrogen-bond acceptors (Lipinski definition) is 2. The molecular formula is C4H6ClNO. The van der Waals surface area contributed by atoms with Crippen LogP contribution >= 0.6 is 11.6 Å². The Labute approximate surface area is 47.1 Å². The Balaban J connectivity index is 0.000000360. The van der Waals surface area contributed by atoms with Gasteiger partial charge in [0, 0.05) is 0 Å². The first-order valence-corrected chi connectivity index (χ1v) is 1.82. The van der Waals surface area contributed by atoms with Crippen molar-refractivity contribution in [2.45, 2.75) is 7.43 Å². The van der Waals surface area contributed by atoms with E-state index in [1.807, 2.05) is 0 Å². The summed E-state index contributed by atoms with van der Waals surface area (Å²) in [7, 11) is 0. The summed E-state index contributed by atoms with van der Waals surface area (Å²) in [4.78, 5) is 3.52. The maximum Gasteiger partial charge on any atom is 0.291 e. The van der Waals surface area contributed by atoms with Crippen LogP contribution in [0.25, 0.3) is 0 Å². The van der Waals surface area contributed by atoms with Gasteiger partial charge in [-0.25, -0.2) is 4.98 Å². The van der Waals surface area contributed by atoms with Crippen LogP contribution in [0.5, 0.6) is 0 Å². The molecule has 0 aliphatic rings. The topological polar surface area (TPSA) is 26.0 Å². The van der Waals surface area contributed by atoms with E-state index in [9.17, 15) is 0 Å². The van der Waals surface area contributed by atoms with Crippen LogP contribution in [0.1, 0.15) is 7.43 Å². The average molecular weight is 120 g/mol.